The number of hydrogen-bond donors (Lipinski definition) is 1. The first-order chi connectivity index (χ1) is 11.4. The number of carbonyl (C=O) groups is 1. The lowest BCUT2D eigenvalue weighted by atomic mass is 9.97. The number of carbonyl (C=O) groups excluding carboxylic acids is 1. The van der Waals surface area contributed by atoms with Crippen molar-refractivity contribution in [3.8, 4) is 0 Å². The van der Waals surface area contributed by atoms with E-state index in [2.05, 4.69) is 23.5 Å². The molecule has 0 radical (unpaired) electrons. The van der Waals surface area contributed by atoms with E-state index in [0.717, 1.165) is 32.5 Å². The number of likely N-dealkylation sites (tertiary alicyclic amines) is 1. The largest absolute Gasteiger partial charge is 0.444 e. The predicted octanol–water partition coefficient (Wildman–Crippen LogP) is 4.23. The SMILES string of the molecule is CC(C)(C)OC(=O)N1CCC(CNc2ccc3c(c2)CCC3)CC1. The van der Waals surface area contributed by atoms with Gasteiger partial charge in [0.15, 0.2) is 0 Å². The predicted molar refractivity (Wildman–Crippen MR) is 97.5 cm³/mol. The van der Waals surface area contributed by atoms with E-state index < -0.39 is 5.60 Å². The molecule has 0 spiro atoms. The van der Waals surface area contributed by atoms with E-state index in [1.165, 1.54) is 36.1 Å². The summed E-state index contributed by atoms with van der Waals surface area (Å²) in [5, 5.41) is 3.59. The van der Waals surface area contributed by atoms with Crippen LogP contribution < -0.4 is 5.32 Å². The number of nitrogens with zero attached hydrogens (tertiary/aromatic N) is 1. The zero-order chi connectivity index (χ0) is 17.2. The minimum absolute atomic E-state index is 0.174. The molecule has 0 aromatic heterocycles. The summed E-state index contributed by atoms with van der Waals surface area (Å²) in [6, 6.07) is 6.80. The van der Waals surface area contributed by atoms with Gasteiger partial charge in [0, 0.05) is 25.3 Å². The van der Waals surface area contributed by atoms with Gasteiger partial charge in [0.25, 0.3) is 0 Å². The molecule has 2 aliphatic rings. The lowest BCUT2D eigenvalue weighted by Crippen LogP contribution is -2.42. The fourth-order valence-electron chi connectivity index (χ4n) is 3.59. The van der Waals surface area contributed by atoms with Crippen molar-refractivity contribution in [2.75, 3.05) is 25.0 Å². The third-order valence-corrected chi connectivity index (χ3v) is 4.96. The van der Waals surface area contributed by atoms with Crippen molar-refractivity contribution in [2.24, 2.45) is 5.92 Å². The van der Waals surface area contributed by atoms with E-state index in [-0.39, 0.29) is 6.09 Å². The number of benzene rings is 1. The zero-order valence-electron chi connectivity index (χ0n) is 15.2. The van der Waals surface area contributed by atoms with Gasteiger partial charge in [-0.2, -0.15) is 0 Å². The zero-order valence-corrected chi connectivity index (χ0v) is 15.2. The van der Waals surface area contributed by atoms with Gasteiger partial charge in [-0.05, 0) is 82.1 Å². The molecule has 0 bridgehead atoms. The maximum Gasteiger partial charge on any atom is 0.410 e. The maximum absolute atomic E-state index is 12.1. The third kappa shape index (κ3) is 4.43. The molecule has 3 rings (SSSR count). The topological polar surface area (TPSA) is 41.6 Å². The smallest absolute Gasteiger partial charge is 0.410 e. The van der Waals surface area contributed by atoms with Crippen LogP contribution in [-0.4, -0.2) is 36.2 Å². The monoisotopic (exact) mass is 330 g/mol. The number of ether oxygens (including phenoxy) is 1. The first-order valence-corrected chi connectivity index (χ1v) is 9.24. The van der Waals surface area contributed by atoms with E-state index in [0.29, 0.717) is 5.92 Å². The molecule has 1 heterocycles. The average Bonchev–Trinajstić information content (AvgIpc) is 2.99. The molecule has 0 saturated carbocycles. The number of nitrogens with one attached hydrogen (secondary N) is 1. The fraction of sp³-hybridized carbons (Fsp3) is 0.650. The summed E-state index contributed by atoms with van der Waals surface area (Å²) in [7, 11) is 0. The van der Waals surface area contributed by atoms with E-state index in [4.69, 9.17) is 4.74 Å². The highest BCUT2D eigenvalue weighted by Gasteiger charge is 2.26. The molecule has 0 atom stereocenters. The van der Waals surface area contributed by atoms with Crippen molar-refractivity contribution in [2.45, 2.75) is 58.5 Å². The minimum atomic E-state index is -0.414. The van der Waals surface area contributed by atoms with Crippen LogP contribution in [0.5, 0.6) is 0 Å². The second-order valence-electron chi connectivity index (χ2n) is 8.13. The van der Waals surface area contributed by atoms with Crippen molar-refractivity contribution in [1.82, 2.24) is 4.90 Å². The summed E-state index contributed by atoms with van der Waals surface area (Å²) in [5.41, 5.74) is 3.86. The second kappa shape index (κ2) is 7.04. The van der Waals surface area contributed by atoms with Crippen LogP contribution in [0.15, 0.2) is 18.2 Å². The molecule has 1 aliphatic carbocycles. The first kappa shape index (κ1) is 17.1. The van der Waals surface area contributed by atoms with Crippen LogP contribution in [0.2, 0.25) is 0 Å². The van der Waals surface area contributed by atoms with Crippen LogP contribution in [-0.2, 0) is 17.6 Å². The molecule has 1 amide bonds. The highest BCUT2D eigenvalue weighted by atomic mass is 16.6. The number of hydrogen-bond acceptors (Lipinski definition) is 3. The number of piperidine rings is 1. The van der Waals surface area contributed by atoms with Gasteiger partial charge in [0.1, 0.15) is 5.60 Å². The minimum Gasteiger partial charge on any atom is -0.444 e. The first-order valence-electron chi connectivity index (χ1n) is 9.24. The lowest BCUT2D eigenvalue weighted by Gasteiger charge is -2.33. The van der Waals surface area contributed by atoms with Gasteiger partial charge in [-0.25, -0.2) is 4.79 Å². The summed E-state index contributed by atoms with van der Waals surface area (Å²) < 4.78 is 5.46. The van der Waals surface area contributed by atoms with Crippen LogP contribution >= 0.6 is 0 Å². The normalized spacial score (nSPS) is 18.4. The summed E-state index contributed by atoms with van der Waals surface area (Å²) in [6.45, 7) is 8.33. The Bertz CT molecular complexity index is 584. The Labute approximate surface area is 145 Å². The lowest BCUT2D eigenvalue weighted by molar-refractivity contribution is 0.0188. The molecule has 24 heavy (non-hydrogen) atoms. The van der Waals surface area contributed by atoms with Gasteiger partial charge in [-0.3, -0.25) is 0 Å². The van der Waals surface area contributed by atoms with E-state index in [9.17, 15) is 4.79 Å². The van der Waals surface area contributed by atoms with Gasteiger partial charge in [-0.1, -0.05) is 6.07 Å². The van der Waals surface area contributed by atoms with Crippen molar-refractivity contribution < 1.29 is 9.53 Å². The molecule has 4 nitrogen and oxygen atoms in total. The molecule has 4 heteroatoms. The van der Waals surface area contributed by atoms with Crippen LogP contribution in [0.3, 0.4) is 0 Å². The van der Waals surface area contributed by atoms with Gasteiger partial charge >= 0.3 is 6.09 Å². The maximum atomic E-state index is 12.1. The number of rotatable bonds is 3. The van der Waals surface area contributed by atoms with Gasteiger partial charge < -0.3 is 15.0 Å². The van der Waals surface area contributed by atoms with Crippen molar-refractivity contribution in [1.29, 1.82) is 0 Å². The van der Waals surface area contributed by atoms with Crippen molar-refractivity contribution in [3.05, 3.63) is 29.3 Å². The van der Waals surface area contributed by atoms with Crippen molar-refractivity contribution in [3.63, 3.8) is 0 Å². The van der Waals surface area contributed by atoms with E-state index in [1.54, 1.807) is 0 Å². The quantitative estimate of drug-likeness (QED) is 0.901. The van der Waals surface area contributed by atoms with E-state index >= 15 is 0 Å². The van der Waals surface area contributed by atoms with E-state index in [1.807, 2.05) is 25.7 Å². The Balaban J connectivity index is 1.43. The van der Waals surface area contributed by atoms with Crippen LogP contribution in [0, 0.1) is 5.92 Å². The van der Waals surface area contributed by atoms with Gasteiger partial charge in [0.05, 0.1) is 0 Å². The average molecular weight is 330 g/mol. The van der Waals surface area contributed by atoms with Crippen LogP contribution in [0.25, 0.3) is 0 Å². The Hall–Kier alpha value is -1.71. The molecular weight excluding hydrogens is 300 g/mol. The molecule has 1 aromatic rings. The summed E-state index contributed by atoms with van der Waals surface area (Å²) in [6.07, 6.45) is 5.65. The number of fused-ring (bicyclic) bond motifs is 1. The molecule has 1 saturated heterocycles. The third-order valence-electron chi connectivity index (χ3n) is 4.96. The Morgan fingerprint density at radius 3 is 2.62 bits per heavy atom. The molecule has 1 aromatic carbocycles. The summed E-state index contributed by atoms with van der Waals surface area (Å²) in [5.74, 6) is 0.622. The van der Waals surface area contributed by atoms with Crippen LogP contribution in [0.1, 0.15) is 51.2 Å². The molecule has 0 unspecified atom stereocenters. The number of amides is 1. The molecule has 1 fully saturated rings. The molecule has 1 N–H and O–H groups in total. The second-order valence-corrected chi connectivity index (χ2v) is 8.13. The summed E-state index contributed by atoms with van der Waals surface area (Å²) >= 11 is 0. The van der Waals surface area contributed by atoms with Crippen LogP contribution in [0.4, 0.5) is 10.5 Å². The standard InChI is InChI=1S/C20H30N2O2/c1-20(2,3)24-19(23)22-11-9-15(10-12-22)14-21-18-8-7-16-5-4-6-17(16)13-18/h7-8,13,15,21H,4-6,9-12,14H2,1-3H3. The fourth-order valence-corrected chi connectivity index (χ4v) is 3.59. The molecule has 1 aliphatic heterocycles. The van der Waals surface area contributed by atoms with Gasteiger partial charge in [-0.15, -0.1) is 0 Å². The van der Waals surface area contributed by atoms with Gasteiger partial charge in [0.2, 0.25) is 0 Å². The highest BCUT2D eigenvalue weighted by molar-refractivity contribution is 5.68. The highest BCUT2D eigenvalue weighted by Crippen LogP contribution is 2.26. The van der Waals surface area contributed by atoms with Crippen molar-refractivity contribution >= 4 is 11.8 Å². The molecule has 132 valence electrons. The summed E-state index contributed by atoms with van der Waals surface area (Å²) in [4.78, 5) is 13.9. The number of anilines is 1. The Morgan fingerprint density at radius 1 is 1.21 bits per heavy atom. The molecular formula is C20H30N2O2. The number of aryl methyl sites for hydroxylation is 2. The Morgan fingerprint density at radius 2 is 1.92 bits per heavy atom. The Kier molecular flexibility index (Phi) is 5.02.